The van der Waals surface area contributed by atoms with Crippen LogP contribution in [-0.2, 0) is 13.1 Å². The van der Waals surface area contributed by atoms with Crippen LogP contribution >= 0.6 is 12.4 Å². The van der Waals surface area contributed by atoms with Crippen molar-refractivity contribution in [1.82, 2.24) is 25.0 Å². The van der Waals surface area contributed by atoms with Gasteiger partial charge in [-0.2, -0.15) is 5.10 Å². The lowest BCUT2D eigenvalue weighted by molar-refractivity contribution is 0.138. The topological polar surface area (TPSA) is 46.0 Å². The second kappa shape index (κ2) is 8.51. The molecule has 2 heterocycles. The van der Waals surface area contributed by atoms with Gasteiger partial charge in [-0.3, -0.25) is 4.90 Å². The van der Waals surface area contributed by atoms with E-state index < -0.39 is 0 Å². The van der Waals surface area contributed by atoms with Gasteiger partial charge < -0.3 is 5.32 Å². The quantitative estimate of drug-likeness (QED) is 0.865. The first-order valence-corrected chi connectivity index (χ1v) is 7.16. The summed E-state index contributed by atoms with van der Waals surface area (Å²) in [4.78, 5) is 6.97. The van der Waals surface area contributed by atoms with Gasteiger partial charge in [0.1, 0.15) is 12.2 Å². The Morgan fingerprint density at radius 2 is 2.21 bits per heavy atom. The van der Waals surface area contributed by atoms with Gasteiger partial charge in [0, 0.05) is 32.2 Å². The Hall–Kier alpha value is -0.650. The third-order valence-electron chi connectivity index (χ3n) is 3.57. The van der Waals surface area contributed by atoms with Gasteiger partial charge in [0.25, 0.3) is 0 Å². The number of nitrogens with one attached hydrogen (secondary N) is 1. The largest absolute Gasteiger partial charge is 0.314 e. The standard InChI is InChI=1S/C13H25N5.ClH/c1-3-5-12-9-14-6-8-17(12)10-13-15-11-16-18(13)7-4-2;/h11-12,14H,3-10H2,1-2H3;1H. The molecule has 2 rings (SSSR count). The highest BCUT2D eigenvalue weighted by molar-refractivity contribution is 5.85. The van der Waals surface area contributed by atoms with Crippen LogP contribution in [0.2, 0.25) is 0 Å². The van der Waals surface area contributed by atoms with Crippen molar-refractivity contribution >= 4 is 12.4 Å². The minimum Gasteiger partial charge on any atom is -0.314 e. The number of rotatable bonds is 6. The Kier molecular flexibility index (Phi) is 7.34. The average molecular weight is 288 g/mol. The van der Waals surface area contributed by atoms with Crippen LogP contribution in [-0.4, -0.2) is 45.3 Å². The zero-order chi connectivity index (χ0) is 12.8. The van der Waals surface area contributed by atoms with Crippen molar-refractivity contribution in [2.24, 2.45) is 0 Å². The van der Waals surface area contributed by atoms with Gasteiger partial charge in [-0.15, -0.1) is 12.4 Å². The van der Waals surface area contributed by atoms with E-state index in [1.54, 1.807) is 6.33 Å². The Bertz CT molecular complexity index is 353. The first-order chi connectivity index (χ1) is 8.85. The lowest BCUT2D eigenvalue weighted by Gasteiger charge is -2.35. The molecule has 0 radical (unpaired) electrons. The molecule has 6 heteroatoms. The second-order valence-electron chi connectivity index (χ2n) is 5.02. The number of aryl methyl sites for hydroxylation is 1. The third-order valence-corrected chi connectivity index (χ3v) is 3.57. The van der Waals surface area contributed by atoms with Crippen molar-refractivity contribution < 1.29 is 0 Å². The Balaban J connectivity index is 0.00000180. The number of hydrogen-bond donors (Lipinski definition) is 1. The molecule has 5 nitrogen and oxygen atoms in total. The van der Waals surface area contributed by atoms with Gasteiger partial charge in [0.2, 0.25) is 0 Å². The summed E-state index contributed by atoms with van der Waals surface area (Å²) in [7, 11) is 0. The molecule has 1 unspecified atom stereocenters. The second-order valence-corrected chi connectivity index (χ2v) is 5.02. The van der Waals surface area contributed by atoms with Crippen LogP contribution in [0.1, 0.15) is 38.9 Å². The van der Waals surface area contributed by atoms with Crippen molar-refractivity contribution in [3.05, 3.63) is 12.2 Å². The smallest absolute Gasteiger partial charge is 0.141 e. The predicted molar refractivity (Wildman–Crippen MR) is 79.5 cm³/mol. The Morgan fingerprint density at radius 1 is 1.37 bits per heavy atom. The minimum absolute atomic E-state index is 0. The van der Waals surface area contributed by atoms with Crippen LogP contribution in [0.5, 0.6) is 0 Å². The molecule has 1 aliphatic heterocycles. The van der Waals surface area contributed by atoms with Gasteiger partial charge in [0.15, 0.2) is 0 Å². The molecule has 0 bridgehead atoms. The summed E-state index contributed by atoms with van der Waals surface area (Å²) in [5.41, 5.74) is 0. The number of nitrogens with zero attached hydrogens (tertiary/aromatic N) is 4. The number of hydrogen-bond acceptors (Lipinski definition) is 4. The van der Waals surface area contributed by atoms with E-state index in [0.29, 0.717) is 6.04 Å². The summed E-state index contributed by atoms with van der Waals surface area (Å²) >= 11 is 0. The van der Waals surface area contributed by atoms with Gasteiger partial charge >= 0.3 is 0 Å². The third kappa shape index (κ3) is 4.44. The van der Waals surface area contributed by atoms with Crippen molar-refractivity contribution in [2.45, 2.75) is 52.2 Å². The molecule has 1 atom stereocenters. The lowest BCUT2D eigenvalue weighted by atomic mass is 10.1. The lowest BCUT2D eigenvalue weighted by Crippen LogP contribution is -2.50. The van der Waals surface area contributed by atoms with E-state index >= 15 is 0 Å². The fourth-order valence-corrected chi connectivity index (χ4v) is 2.62. The summed E-state index contributed by atoms with van der Waals surface area (Å²) < 4.78 is 2.05. The van der Waals surface area contributed by atoms with E-state index in [1.807, 2.05) is 4.68 Å². The van der Waals surface area contributed by atoms with Gasteiger partial charge in [-0.05, 0) is 12.8 Å². The molecule has 0 aromatic carbocycles. The molecule has 1 aliphatic rings. The molecule has 0 amide bonds. The maximum atomic E-state index is 4.41. The van der Waals surface area contributed by atoms with Crippen LogP contribution in [0.3, 0.4) is 0 Å². The molecule has 19 heavy (non-hydrogen) atoms. The van der Waals surface area contributed by atoms with Crippen LogP contribution in [0.25, 0.3) is 0 Å². The van der Waals surface area contributed by atoms with E-state index in [4.69, 9.17) is 0 Å². The van der Waals surface area contributed by atoms with Gasteiger partial charge in [-0.1, -0.05) is 20.3 Å². The van der Waals surface area contributed by atoms with Gasteiger partial charge in [0.05, 0.1) is 6.54 Å². The minimum atomic E-state index is 0. The summed E-state index contributed by atoms with van der Waals surface area (Å²) in [5.74, 6) is 1.11. The normalized spacial score (nSPS) is 20.2. The Labute approximate surface area is 122 Å². The molecule has 1 aromatic heterocycles. The highest BCUT2D eigenvalue weighted by atomic mass is 35.5. The van der Waals surface area contributed by atoms with E-state index in [2.05, 4.69) is 34.1 Å². The zero-order valence-electron chi connectivity index (χ0n) is 12.0. The molecule has 0 saturated carbocycles. The van der Waals surface area contributed by atoms with E-state index in [0.717, 1.165) is 45.0 Å². The van der Waals surface area contributed by atoms with Crippen molar-refractivity contribution in [2.75, 3.05) is 19.6 Å². The molecule has 1 aromatic rings. The molecule has 0 spiro atoms. The summed E-state index contributed by atoms with van der Waals surface area (Å²) in [5, 5.41) is 7.79. The highest BCUT2D eigenvalue weighted by Crippen LogP contribution is 2.13. The van der Waals surface area contributed by atoms with Crippen LogP contribution in [0.4, 0.5) is 0 Å². The molecule has 0 aliphatic carbocycles. The fourth-order valence-electron chi connectivity index (χ4n) is 2.62. The average Bonchev–Trinajstić information content (AvgIpc) is 2.80. The SMILES string of the molecule is CCCC1CNCCN1Cc1ncnn1CCC.Cl. The molecular formula is C13H26ClN5. The van der Waals surface area contributed by atoms with Crippen LogP contribution < -0.4 is 5.32 Å². The summed E-state index contributed by atoms with van der Waals surface area (Å²) in [6.07, 6.45) is 5.29. The van der Waals surface area contributed by atoms with Crippen molar-refractivity contribution in [3.63, 3.8) is 0 Å². The van der Waals surface area contributed by atoms with E-state index in [9.17, 15) is 0 Å². The fraction of sp³-hybridized carbons (Fsp3) is 0.846. The molecule has 1 saturated heterocycles. The maximum absolute atomic E-state index is 4.41. The summed E-state index contributed by atoms with van der Waals surface area (Å²) in [6, 6.07) is 0.649. The van der Waals surface area contributed by atoms with Gasteiger partial charge in [-0.25, -0.2) is 9.67 Å². The molecular weight excluding hydrogens is 262 g/mol. The summed E-state index contributed by atoms with van der Waals surface area (Å²) in [6.45, 7) is 9.65. The number of halogens is 1. The van der Waals surface area contributed by atoms with Crippen molar-refractivity contribution in [3.8, 4) is 0 Å². The first-order valence-electron chi connectivity index (χ1n) is 7.16. The van der Waals surface area contributed by atoms with Crippen molar-refractivity contribution in [1.29, 1.82) is 0 Å². The first kappa shape index (κ1) is 16.4. The number of piperazine rings is 1. The zero-order valence-corrected chi connectivity index (χ0v) is 12.8. The molecule has 110 valence electrons. The Morgan fingerprint density at radius 3 is 2.95 bits per heavy atom. The number of aromatic nitrogens is 3. The predicted octanol–water partition coefficient (Wildman–Crippen LogP) is 1.68. The van der Waals surface area contributed by atoms with Crippen LogP contribution in [0.15, 0.2) is 6.33 Å². The van der Waals surface area contributed by atoms with E-state index in [1.165, 1.54) is 12.8 Å². The molecule has 1 fully saturated rings. The molecule has 1 N–H and O–H groups in total. The maximum Gasteiger partial charge on any atom is 0.141 e. The van der Waals surface area contributed by atoms with E-state index in [-0.39, 0.29) is 12.4 Å². The highest BCUT2D eigenvalue weighted by Gasteiger charge is 2.22. The van der Waals surface area contributed by atoms with Crippen LogP contribution in [0, 0.1) is 0 Å². The monoisotopic (exact) mass is 287 g/mol.